The van der Waals surface area contributed by atoms with Gasteiger partial charge in [-0.3, -0.25) is 10.1 Å². The highest BCUT2D eigenvalue weighted by Crippen LogP contribution is 2.26. The second-order valence-corrected chi connectivity index (χ2v) is 9.17. The van der Waals surface area contributed by atoms with Crippen molar-refractivity contribution in [2.45, 2.75) is 25.7 Å². The topological polar surface area (TPSA) is 76.2 Å². The van der Waals surface area contributed by atoms with Crippen LogP contribution in [0.15, 0.2) is 18.2 Å². The van der Waals surface area contributed by atoms with Gasteiger partial charge < -0.3 is 4.43 Å². The Morgan fingerprint density at radius 1 is 1.50 bits per heavy atom. The van der Waals surface area contributed by atoms with Crippen LogP contribution in [-0.2, 0) is 4.43 Å². The lowest BCUT2D eigenvalue weighted by Gasteiger charge is -2.21. The summed E-state index contributed by atoms with van der Waals surface area (Å²) in [6, 6.07) is 5.28. The van der Waals surface area contributed by atoms with E-state index in [1.165, 1.54) is 6.07 Å². The molecule has 1 atom stereocenters. The Balaban J connectivity index is 3.12. The zero-order valence-corrected chi connectivity index (χ0v) is 11.3. The summed E-state index contributed by atoms with van der Waals surface area (Å²) in [7, 11) is -1.97. The molecule has 0 aliphatic carbocycles. The predicted octanol–water partition coefficient (Wildman–Crippen LogP) is 3.15. The SMILES string of the molecule is C[Si](C)(C)OC(C#N)c1ccc(F)c([N+](=O)[O-])c1. The van der Waals surface area contributed by atoms with E-state index in [0.717, 1.165) is 12.1 Å². The zero-order chi connectivity index (χ0) is 13.9. The van der Waals surface area contributed by atoms with Crippen LogP contribution < -0.4 is 0 Å². The second-order valence-electron chi connectivity index (χ2n) is 4.71. The molecular weight excluding hydrogens is 255 g/mol. The van der Waals surface area contributed by atoms with Crippen molar-refractivity contribution in [1.29, 1.82) is 5.26 Å². The van der Waals surface area contributed by atoms with Crippen molar-refractivity contribution in [3.63, 3.8) is 0 Å². The fourth-order valence-electron chi connectivity index (χ4n) is 1.36. The Morgan fingerprint density at radius 2 is 2.11 bits per heavy atom. The highest BCUT2D eigenvalue weighted by atomic mass is 28.4. The van der Waals surface area contributed by atoms with Crippen LogP contribution in [0.25, 0.3) is 0 Å². The molecule has 0 aliphatic heterocycles. The number of rotatable bonds is 4. The highest BCUT2D eigenvalue weighted by Gasteiger charge is 2.24. The van der Waals surface area contributed by atoms with Crippen molar-refractivity contribution >= 4 is 14.0 Å². The van der Waals surface area contributed by atoms with Gasteiger partial charge in [-0.05, 0) is 25.7 Å². The average molecular weight is 268 g/mol. The van der Waals surface area contributed by atoms with Crippen LogP contribution in [0.5, 0.6) is 0 Å². The summed E-state index contributed by atoms with van der Waals surface area (Å²) in [6.07, 6.45) is -0.907. The molecule has 1 unspecified atom stereocenters. The molecule has 7 heteroatoms. The molecule has 0 fully saturated rings. The fourth-order valence-corrected chi connectivity index (χ4v) is 2.25. The number of nitro groups is 1. The molecule has 1 aromatic carbocycles. The van der Waals surface area contributed by atoms with Gasteiger partial charge in [0, 0.05) is 11.6 Å². The Bertz CT molecular complexity index is 508. The summed E-state index contributed by atoms with van der Waals surface area (Å²) in [5.74, 6) is -0.923. The Hall–Kier alpha value is -1.78. The van der Waals surface area contributed by atoms with Crippen LogP contribution in [0, 0.1) is 27.3 Å². The lowest BCUT2D eigenvalue weighted by Crippen LogP contribution is -2.27. The van der Waals surface area contributed by atoms with Crippen LogP contribution in [0.1, 0.15) is 11.7 Å². The first-order valence-electron chi connectivity index (χ1n) is 5.26. The second kappa shape index (κ2) is 5.24. The Morgan fingerprint density at radius 3 is 2.56 bits per heavy atom. The van der Waals surface area contributed by atoms with E-state index in [4.69, 9.17) is 9.69 Å². The van der Waals surface area contributed by atoms with Crippen molar-refractivity contribution in [3.8, 4) is 6.07 Å². The monoisotopic (exact) mass is 268 g/mol. The number of hydrogen-bond acceptors (Lipinski definition) is 4. The summed E-state index contributed by atoms with van der Waals surface area (Å²) < 4.78 is 18.7. The number of nitrogens with zero attached hydrogens (tertiary/aromatic N) is 2. The van der Waals surface area contributed by atoms with Gasteiger partial charge >= 0.3 is 5.69 Å². The largest absolute Gasteiger partial charge is 0.399 e. The van der Waals surface area contributed by atoms with Gasteiger partial charge in [0.05, 0.1) is 11.0 Å². The van der Waals surface area contributed by atoms with Crippen molar-refractivity contribution in [2.75, 3.05) is 0 Å². The van der Waals surface area contributed by atoms with Gasteiger partial charge in [-0.1, -0.05) is 6.07 Å². The maximum Gasteiger partial charge on any atom is 0.305 e. The molecule has 0 aliphatic rings. The first-order chi connectivity index (χ1) is 8.24. The van der Waals surface area contributed by atoms with E-state index in [0.29, 0.717) is 5.56 Å². The number of benzene rings is 1. The molecular formula is C11H13FN2O3Si. The Labute approximate surface area is 105 Å². The summed E-state index contributed by atoms with van der Waals surface area (Å²) in [4.78, 5) is 9.80. The molecule has 0 radical (unpaired) electrons. The van der Waals surface area contributed by atoms with E-state index >= 15 is 0 Å². The lowest BCUT2D eigenvalue weighted by molar-refractivity contribution is -0.387. The zero-order valence-electron chi connectivity index (χ0n) is 10.3. The molecule has 18 heavy (non-hydrogen) atoms. The Kier molecular flexibility index (Phi) is 4.16. The van der Waals surface area contributed by atoms with E-state index in [-0.39, 0.29) is 0 Å². The summed E-state index contributed by atoms with van der Waals surface area (Å²) >= 11 is 0. The standard InChI is InChI=1S/C11H13FN2O3Si/c1-18(2,3)17-11(7-13)8-4-5-9(12)10(6-8)14(15)16/h4-6,11H,1-3H3. The number of halogens is 1. The summed E-state index contributed by atoms with van der Waals surface area (Å²) in [6.45, 7) is 5.69. The molecule has 0 spiro atoms. The first-order valence-corrected chi connectivity index (χ1v) is 8.66. The van der Waals surface area contributed by atoms with E-state index in [1.807, 2.05) is 25.7 Å². The predicted molar refractivity (Wildman–Crippen MR) is 65.8 cm³/mol. The van der Waals surface area contributed by atoms with Crippen LogP contribution in [0.2, 0.25) is 19.6 Å². The van der Waals surface area contributed by atoms with Gasteiger partial charge in [-0.15, -0.1) is 0 Å². The van der Waals surface area contributed by atoms with Crippen LogP contribution in [0.3, 0.4) is 0 Å². The highest BCUT2D eigenvalue weighted by molar-refractivity contribution is 6.69. The summed E-state index contributed by atoms with van der Waals surface area (Å²) in [5, 5.41) is 19.6. The molecule has 5 nitrogen and oxygen atoms in total. The first kappa shape index (κ1) is 14.3. The molecule has 0 amide bonds. The third-order valence-electron chi connectivity index (χ3n) is 2.06. The lowest BCUT2D eigenvalue weighted by atomic mass is 10.1. The molecule has 0 saturated carbocycles. The third kappa shape index (κ3) is 3.61. The molecule has 1 rings (SSSR count). The number of nitro benzene ring substituents is 1. The van der Waals surface area contributed by atoms with E-state index in [1.54, 1.807) is 0 Å². The number of hydrogen-bond donors (Lipinski definition) is 0. The van der Waals surface area contributed by atoms with Gasteiger partial charge in [0.1, 0.15) is 0 Å². The minimum absolute atomic E-state index is 0.299. The van der Waals surface area contributed by atoms with Gasteiger partial charge in [0.25, 0.3) is 0 Å². The average Bonchev–Trinajstić information content (AvgIpc) is 2.25. The van der Waals surface area contributed by atoms with Gasteiger partial charge in [-0.25, -0.2) is 0 Å². The minimum Gasteiger partial charge on any atom is -0.399 e. The van der Waals surface area contributed by atoms with E-state index < -0.39 is 30.8 Å². The van der Waals surface area contributed by atoms with Crippen molar-refractivity contribution in [3.05, 3.63) is 39.7 Å². The molecule has 0 aromatic heterocycles. The van der Waals surface area contributed by atoms with Crippen LogP contribution in [-0.4, -0.2) is 13.2 Å². The van der Waals surface area contributed by atoms with Crippen LogP contribution in [0.4, 0.5) is 10.1 Å². The molecule has 0 N–H and O–H groups in total. The smallest absolute Gasteiger partial charge is 0.305 e. The fraction of sp³-hybridized carbons (Fsp3) is 0.364. The normalized spacial score (nSPS) is 12.8. The van der Waals surface area contributed by atoms with E-state index in [9.17, 15) is 14.5 Å². The van der Waals surface area contributed by atoms with E-state index in [2.05, 4.69) is 0 Å². The molecule has 96 valence electrons. The maximum absolute atomic E-state index is 13.2. The minimum atomic E-state index is -1.97. The van der Waals surface area contributed by atoms with Crippen molar-refractivity contribution in [2.24, 2.45) is 0 Å². The maximum atomic E-state index is 13.2. The third-order valence-corrected chi connectivity index (χ3v) is 3.00. The van der Waals surface area contributed by atoms with Crippen molar-refractivity contribution in [1.82, 2.24) is 0 Å². The molecule has 1 aromatic rings. The summed E-state index contributed by atoms with van der Waals surface area (Å²) in [5.41, 5.74) is -0.347. The van der Waals surface area contributed by atoms with Crippen molar-refractivity contribution < 1.29 is 13.7 Å². The number of nitriles is 1. The molecule has 0 heterocycles. The molecule has 0 bridgehead atoms. The van der Waals surface area contributed by atoms with Gasteiger partial charge in [-0.2, -0.15) is 9.65 Å². The molecule has 0 saturated heterocycles. The quantitative estimate of drug-likeness (QED) is 0.477. The van der Waals surface area contributed by atoms with Gasteiger partial charge in [0.15, 0.2) is 14.4 Å². The van der Waals surface area contributed by atoms with Crippen LogP contribution >= 0.6 is 0 Å². The van der Waals surface area contributed by atoms with Gasteiger partial charge in [0.2, 0.25) is 5.82 Å².